The van der Waals surface area contributed by atoms with Gasteiger partial charge in [0, 0.05) is 12.6 Å². The zero-order valence-corrected chi connectivity index (χ0v) is 8.60. The van der Waals surface area contributed by atoms with Crippen LogP contribution in [0.3, 0.4) is 0 Å². The molecule has 0 aliphatic carbocycles. The van der Waals surface area contributed by atoms with Gasteiger partial charge < -0.3 is 14.8 Å². The molecule has 0 aliphatic heterocycles. The molecule has 1 aromatic carbocycles. The normalized spacial score (nSPS) is 10.1. The molecular formula is C11H10N2O3. The molecule has 2 rings (SSSR count). The van der Waals surface area contributed by atoms with Crippen LogP contribution in [0, 0.1) is 0 Å². The third-order valence-electron chi connectivity index (χ3n) is 2.08. The first-order chi connectivity index (χ1) is 7.72. The van der Waals surface area contributed by atoms with Gasteiger partial charge in [-0.1, -0.05) is 30.3 Å². The Morgan fingerprint density at radius 1 is 1.38 bits per heavy atom. The van der Waals surface area contributed by atoms with E-state index < -0.39 is 5.97 Å². The van der Waals surface area contributed by atoms with Crippen molar-refractivity contribution in [2.45, 2.75) is 0 Å². The summed E-state index contributed by atoms with van der Waals surface area (Å²) >= 11 is 0. The number of aromatic nitrogens is 1. The maximum Gasteiger partial charge on any atom is 0.374 e. The highest BCUT2D eigenvalue weighted by Crippen LogP contribution is 2.25. The van der Waals surface area contributed by atoms with Crippen LogP contribution in [-0.2, 0) is 0 Å². The maximum atomic E-state index is 11.0. The summed E-state index contributed by atoms with van der Waals surface area (Å²) in [6, 6.07) is 9.23. The van der Waals surface area contributed by atoms with Crippen molar-refractivity contribution in [1.82, 2.24) is 4.98 Å². The quantitative estimate of drug-likeness (QED) is 0.824. The Balaban J connectivity index is 2.55. The number of oxazole rings is 1. The lowest BCUT2D eigenvalue weighted by Crippen LogP contribution is -1.96. The zero-order chi connectivity index (χ0) is 11.5. The summed E-state index contributed by atoms with van der Waals surface area (Å²) < 4.78 is 5.06. The number of hydrogen-bond acceptors (Lipinski definition) is 4. The van der Waals surface area contributed by atoms with Gasteiger partial charge in [-0.05, 0) is 0 Å². The molecule has 0 fully saturated rings. The first-order valence-electron chi connectivity index (χ1n) is 4.69. The predicted molar refractivity (Wildman–Crippen MR) is 58.4 cm³/mol. The fourth-order valence-electron chi connectivity index (χ4n) is 1.36. The van der Waals surface area contributed by atoms with Crippen LogP contribution in [0.5, 0.6) is 0 Å². The topological polar surface area (TPSA) is 75.4 Å². The van der Waals surface area contributed by atoms with Gasteiger partial charge in [0.2, 0.25) is 5.76 Å². The van der Waals surface area contributed by atoms with Crippen LogP contribution in [0.15, 0.2) is 34.7 Å². The number of carboxylic acids is 1. The van der Waals surface area contributed by atoms with E-state index in [2.05, 4.69) is 10.3 Å². The zero-order valence-electron chi connectivity index (χ0n) is 8.60. The second kappa shape index (κ2) is 4.06. The summed E-state index contributed by atoms with van der Waals surface area (Å²) in [6.45, 7) is 0. The fraction of sp³-hybridized carbons (Fsp3) is 0.0909. The molecule has 2 aromatic rings. The molecular weight excluding hydrogens is 208 g/mol. The van der Waals surface area contributed by atoms with Gasteiger partial charge in [-0.25, -0.2) is 4.79 Å². The summed E-state index contributed by atoms with van der Waals surface area (Å²) in [7, 11) is 1.62. The van der Waals surface area contributed by atoms with Crippen molar-refractivity contribution < 1.29 is 14.3 Å². The molecule has 1 heterocycles. The Hall–Kier alpha value is -2.30. The number of hydrogen-bond donors (Lipinski definition) is 2. The van der Waals surface area contributed by atoms with E-state index in [1.165, 1.54) is 0 Å². The number of nitrogens with zero attached hydrogens (tertiary/aromatic N) is 1. The first kappa shape index (κ1) is 10.2. The number of rotatable bonds is 3. The van der Waals surface area contributed by atoms with E-state index in [1.54, 1.807) is 19.2 Å². The molecule has 0 atom stereocenters. The SMILES string of the molecule is CNc1nc(-c2ccccc2)c(C(=O)O)o1. The van der Waals surface area contributed by atoms with Crippen molar-refractivity contribution in [2.75, 3.05) is 12.4 Å². The molecule has 0 spiro atoms. The summed E-state index contributed by atoms with van der Waals surface area (Å²) in [6.07, 6.45) is 0. The van der Waals surface area contributed by atoms with Gasteiger partial charge >= 0.3 is 5.97 Å². The van der Waals surface area contributed by atoms with Gasteiger partial charge in [-0.3, -0.25) is 0 Å². The molecule has 0 saturated heterocycles. The van der Waals surface area contributed by atoms with Crippen LogP contribution in [0.1, 0.15) is 10.6 Å². The number of nitrogens with one attached hydrogen (secondary N) is 1. The molecule has 5 nitrogen and oxygen atoms in total. The Kier molecular flexibility index (Phi) is 2.59. The molecule has 0 aliphatic rings. The number of benzene rings is 1. The lowest BCUT2D eigenvalue weighted by atomic mass is 10.1. The van der Waals surface area contributed by atoms with Gasteiger partial charge in [-0.2, -0.15) is 4.98 Å². The second-order valence-corrected chi connectivity index (χ2v) is 3.12. The van der Waals surface area contributed by atoms with E-state index in [-0.39, 0.29) is 11.8 Å². The van der Waals surface area contributed by atoms with Crippen molar-refractivity contribution in [3.8, 4) is 11.3 Å². The molecule has 0 amide bonds. The van der Waals surface area contributed by atoms with Crippen LogP contribution in [0.2, 0.25) is 0 Å². The molecule has 16 heavy (non-hydrogen) atoms. The Bertz CT molecular complexity index is 505. The highest BCUT2D eigenvalue weighted by atomic mass is 16.4. The summed E-state index contributed by atoms with van der Waals surface area (Å²) in [5.74, 6) is -1.29. The van der Waals surface area contributed by atoms with Gasteiger partial charge in [-0.15, -0.1) is 0 Å². The number of aromatic carboxylic acids is 1. The average Bonchev–Trinajstić information content (AvgIpc) is 2.74. The minimum absolute atomic E-state index is 0.157. The highest BCUT2D eigenvalue weighted by molar-refractivity contribution is 5.92. The largest absolute Gasteiger partial charge is 0.475 e. The van der Waals surface area contributed by atoms with Crippen LogP contribution >= 0.6 is 0 Å². The van der Waals surface area contributed by atoms with E-state index >= 15 is 0 Å². The summed E-state index contributed by atoms with van der Waals surface area (Å²) in [5, 5.41) is 11.6. The van der Waals surface area contributed by atoms with Crippen molar-refractivity contribution in [3.05, 3.63) is 36.1 Å². The van der Waals surface area contributed by atoms with E-state index in [0.717, 1.165) is 0 Å². The Labute approximate surface area is 91.7 Å². The van der Waals surface area contributed by atoms with E-state index in [0.29, 0.717) is 11.3 Å². The average molecular weight is 218 g/mol. The third kappa shape index (κ3) is 1.75. The van der Waals surface area contributed by atoms with Crippen molar-refractivity contribution >= 4 is 12.0 Å². The van der Waals surface area contributed by atoms with Gasteiger partial charge in [0.25, 0.3) is 6.01 Å². The minimum atomic E-state index is -1.13. The molecule has 0 unspecified atom stereocenters. The Morgan fingerprint density at radius 3 is 2.62 bits per heavy atom. The van der Waals surface area contributed by atoms with Crippen LogP contribution < -0.4 is 5.32 Å². The summed E-state index contributed by atoms with van der Waals surface area (Å²) in [5.41, 5.74) is 1.04. The molecule has 82 valence electrons. The third-order valence-corrected chi connectivity index (χ3v) is 2.08. The molecule has 0 saturated carbocycles. The molecule has 0 radical (unpaired) electrons. The van der Waals surface area contributed by atoms with E-state index in [9.17, 15) is 4.79 Å². The van der Waals surface area contributed by atoms with Crippen molar-refractivity contribution in [1.29, 1.82) is 0 Å². The minimum Gasteiger partial charge on any atom is -0.475 e. The molecule has 2 N–H and O–H groups in total. The van der Waals surface area contributed by atoms with Gasteiger partial charge in [0.05, 0.1) is 0 Å². The van der Waals surface area contributed by atoms with E-state index in [1.807, 2.05) is 18.2 Å². The second-order valence-electron chi connectivity index (χ2n) is 3.12. The summed E-state index contributed by atoms with van der Waals surface area (Å²) in [4.78, 5) is 15.0. The van der Waals surface area contributed by atoms with Gasteiger partial charge in [0.15, 0.2) is 0 Å². The standard InChI is InChI=1S/C11H10N2O3/c1-12-11-13-8(9(16-11)10(14)15)7-5-3-2-4-6-7/h2-6H,1H3,(H,12,13)(H,14,15). The van der Waals surface area contributed by atoms with Crippen LogP contribution in [0.4, 0.5) is 6.01 Å². The van der Waals surface area contributed by atoms with Crippen molar-refractivity contribution in [3.63, 3.8) is 0 Å². The number of carboxylic acid groups (broad SMARTS) is 1. The van der Waals surface area contributed by atoms with E-state index in [4.69, 9.17) is 9.52 Å². The number of anilines is 1. The fourth-order valence-corrected chi connectivity index (χ4v) is 1.36. The maximum absolute atomic E-state index is 11.0. The molecule has 1 aromatic heterocycles. The smallest absolute Gasteiger partial charge is 0.374 e. The molecule has 0 bridgehead atoms. The highest BCUT2D eigenvalue weighted by Gasteiger charge is 2.20. The predicted octanol–water partition coefficient (Wildman–Crippen LogP) is 2.08. The Morgan fingerprint density at radius 2 is 2.06 bits per heavy atom. The monoisotopic (exact) mass is 218 g/mol. The first-order valence-corrected chi connectivity index (χ1v) is 4.69. The van der Waals surface area contributed by atoms with Crippen LogP contribution in [0.25, 0.3) is 11.3 Å². The lowest BCUT2D eigenvalue weighted by Gasteiger charge is -1.95. The number of carbonyl (C=O) groups is 1. The lowest BCUT2D eigenvalue weighted by molar-refractivity contribution is 0.0665. The van der Waals surface area contributed by atoms with Crippen molar-refractivity contribution in [2.24, 2.45) is 0 Å². The molecule has 5 heteroatoms. The van der Waals surface area contributed by atoms with Gasteiger partial charge in [0.1, 0.15) is 5.69 Å². The van der Waals surface area contributed by atoms with Crippen LogP contribution in [-0.4, -0.2) is 23.1 Å².